The summed E-state index contributed by atoms with van der Waals surface area (Å²) in [6, 6.07) is 13.5. The summed E-state index contributed by atoms with van der Waals surface area (Å²) in [4.78, 5) is 26.4. The monoisotopic (exact) mass is 420 g/mol. The Morgan fingerprint density at radius 1 is 1.19 bits per heavy atom. The largest absolute Gasteiger partial charge is 0.497 e. The quantitative estimate of drug-likeness (QED) is 0.758. The smallest absolute Gasteiger partial charge is 0.256 e. The van der Waals surface area contributed by atoms with Crippen molar-refractivity contribution in [2.45, 2.75) is 18.2 Å². The number of nitrogens with one attached hydrogen (secondary N) is 1. The maximum absolute atomic E-state index is 13.2. The molecule has 0 bridgehead atoms. The zero-order valence-corrected chi connectivity index (χ0v) is 17.0. The first-order valence-corrected chi connectivity index (χ1v) is 9.78. The molecule has 5 nitrogen and oxygen atoms in total. The molecule has 1 heterocycles. The summed E-state index contributed by atoms with van der Waals surface area (Å²) in [5.74, 6) is 0.119. The maximum atomic E-state index is 13.2. The van der Waals surface area contributed by atoms with E-state index >= 15 is 0 Å². The zero-order valence-electron chi connectivity index (χ0n) is 14.6. The van der Waals surface area contributed by atoms with Crippen molar-refractivity contribution in [1.29, 1.82) is 0 Å². The third-order valence-corrected chi connectivity index (χ3v) is 5.99. The highest BCUT2D eigenvalue weighted by molar-refractivity contribution is 8.23. The van der Waals surface area contributed by atoms with Crippen molar-refractivity contribution >= 4 is 57.4 Å². The summed E-state index contributed by atoms with van der Waals surface area (Å²) in [6.07, 6.45) is 0. The van der Waals surface area contributed by atoms with Gasteiger partial charge < -0.3 is 10.1 Å². The van der Waals surface area contributed by atoms with Crippen molar-refractivity contribution in [1.82, 2.24) is 5.32 Å². The second-order valence-electron chi connectivity index (χ2n) is 5.91. The number of thioether (sulfide) groups is 1. The number of hydrogen-bond acceptors (Lipinski definition) is 5. The zero-order chi connectivity index (χ0) is 19.6. The van der Waals surface area contributed by atoms with Crippen LogP contribution in [0.1, 0.15) is 17.7 Å². The first-order valence-electron chi connectivity index (χ1n) is 8.12. The number of carbonyl (C=O) groups is 2. The van der Waals surface area contributed by atoms with Crippen LogP contribution in [0.4, 0.5) is 5.69 Å². The fraction of sp³-hybridized carbons (Fsp3) is 0.211. The number of nitrogens with zero attached hydrogens (tertiary/aromatic N) is 1. The number of halogens is 1. The summed E-state index contributed by atoms with van der Waals surface area (Å²) >= 11 is 12.8. The number of benzene rings is 2. The highest BCUT2D eigenvalue weighted by atomic mass is 35.5. The lowest BCUT2D eigenvalue weighted by molar-refractivity contribution is -0.126. The maximum Gasteiger partial charge on any atom is 0.256 e. The first-order chi connectivity index (χ1) is 12.9. The molecule has 0 unspecified atom stereocenters. The van der Waals surface area contributed by atoms with Gasteiger partial charge in [0.05, 0.1) is 18.0 Å². The Kier molecular flexibility index (Phi) is 6.04. The van der Waals surface area contributed by atoms with Crippen molar-refractivity contribution in [3.63, 3.8) is 0 Å². The third kappa shape index (κ3) is 4.26. The Morgan fingerprint density at radius 2 is 1.81 bits per heavy atom. The highest BCUT2D eigenvalue weighted by Crippen LogP contribution is 2.41. The average Bonchev–Trinajstić information content (AvgIpc) is 2.65. The van der Waals surface area contributed by atoms with E-state index in [1.54, 1.807) is 43.5 Å². The minimum absolute atomic E-state index is 0.279. The van der Waals surface area contributed by atoms with E-state index in [1.807, 2.05) is 12.1 Å². The fourth-order valence-corrected chi connectivity index (χ4v) is 4.59. The molecule has 0 aliphatic carbocycles. The number of amides is 2. The van der Waals surface area contributed by atoms with E-state index in [2.05, 4.69) is 5.32 Å². The van der Waals surface area contributed by atoms with Crippen LogP contribution in [0.25, 0.3) is 0 Å². The van der Waals surface area contributed by atoms with Crippen LogP contribution in [0.2, 0.25) is 5.02 Å². The molecule has 1 N–H and O–H groups in total. The van der Waals surface area contributed by atoms with E-state index in [1.165, 1.54) is 23.6 Å². The number of rotatable bonds is 4. The molecular weight excluding hydrogens is 404 g/mol. The van der Waals surface area contributed by atoms with Crippen LogP contribution >= 0.6 is 35.6 Å². The Labute approximate surface area is 172 Å². The molecule has 3 rings (SSSR count). The summed E-state index contributed by atoms with van der Waals surface area (Å²) in [7, 11) is 1.57. The Bertz CT molecular complexity index is 872. The van der Waals surface area contributed by atoms with Gasteiger partial charge in [-0.05, 0) is 42.0 Å². The van der Waals surface area contributed by atoms with Gasteiger partial charge in [0.2, 0.25) is 5.91 Å². The van der Waals surface area contributed by atoms with Gasteiger partial charge in [-0.25, -0.2) is 0 Å². The molecule has 8 heteroatoms. The lowest BCUT2D eigenvalue weighted by Gasteiger charge is -2.38. The molecule has 1 saturated heterocycles. The lowest BCUT2D eigenvalue weighted by atomic mass is 10.0. The van der Waals surface area contributed by atoms with Crippen molar-refractivity contribution < 1.29 is 14.3 Å². The number of carbonyl (C=O) groups excluding carboxylic acids is 2. The van der Waals surface area contributed by atoms with Gasteiger partial charge in [0.25, 0.3) is 5.91 Å². The van der Waals surface area contributed by atoms with Crippen LogP contribution in [-0.2, 0) is 9.59 Å². The molecule has 140 valence electrons. The van der Waals surface area contributed by atoms with Crippen LogP contribution in [0.3, 0.4) is 0 Å². The lowest BCUT2D eigenvalue weighted by Crippen LogP contribution is -2.55. The molecule has 1 aliphatic rings. The predicted molar refractivity (Wildman–Crippen MR) is 112 cm³/mol. The number of ether oxygens (including phenoxy) is 1. The first kappa shape index (κ1) is 19.7. The van der Waals surface area contributed by atoms with E-state index in [0.717, 1.165) is 5.56 Å². The SMILES string of the molecule is COc1ccc(N2C(=O)[C@@H](NC(C)=O)[C@@H](c3ccc(Cl)cc3)SC2=S)cc1. The molecule has 0 aromatic heterocycles. The van der Waals surface area contributed by atoms with Gasteiger partial charge in [0.1, 0.15) is 16.1 Å². The van der Waals surface area contributed by atoms with E-state index in [-0.39, 0.29) is 17.1 Å². The molecule has 27 heavy (non-hydrogen) atoms. The minimum atomic E-state index is -0.748. The minimum Gasteiger partial charge on any atom is -0.497 e. The van der Waals surface area contributed by atoms with Gasteiger partial charge in [-0.1, -0.05) is 47.7 Å². The summed E-state index contributed by atoms with van der Waals surface area (Å²) in [6.45, 7) is 1.39. The molecule has 0 spiro atoms. The summed E-state index contributed by atoms with van der Waals surface area (Å²) < 4.78 is 5.58. The number of thiocarbonyl (C=S) groups is 1. The molecular formula is C19H17ClN2O3S2. The van der Waals surface area contributed by atoms with Crippen LogP contribution < -0.4 is 15.0 Å². The topological polar surface area (TPSA) is 58.6 Å². The standard InChI is InChI=1S/C19H17ClN2O3S2/c1-11(23)21-16-17(12-3-5-13(20)6-4-12)27-19(26)22(18(16)24)14-7-9-15(25-2)10-8-14/h3-10,16-17H,1-2H3,(H,21,23)/t16-,17+/m0/s1. The van der Waals surface area contributed by atoms with Crippen molar-refractivity contribution in [2.24, 2.45) is 0 Å². The van der Waals surface area contributed by atoms with E-state index in [4.69, 9.17) is 28.6 Å². The molecule has 0 saturated carbocycles. The molecule has 2 amide bonds. The molecule has 2 atom stereocenters. The molecule has 2 aromatic carbocycles. The Morgan fingerprint density at radius 3 is 2.37 bits per heavy atom. The number of methoxy groups -OCH3 is 1. The van der Waals surface area contributed by atoms with Crippen molar-refractivity contribution in [3.05, 3.63) is 59.1 Å². The molecule has 1 fully saturated rings. The second kappa shape index (κ2) is 8.29. The van der Waals surface area contributed by atoms with Gasteiger partial charge in [-0.15, -0.1) is 0 Å². The van der Waals surface area contributed by atoms with Gasteiger partial charge in [-0.3, -0.25) is 14.5 Å². The van der Waals surface area contributed by atoms with E-state index in [9.17, 15) is 9.59 Å². The summed E-state index contributed by atoms with van der Waals surface area (Å²) in [5, 5.41) is 3.04. The van der Waals surface area contributed by atoms with E-state index < -0.39 is 6.04 Å². The normalized spacial score (nSPS) is 19.7. The number of hydrogen-bond donors (Lipinski definition) is 1. The van der Waals surface area contributed by atoms with Gasteiger partial charge in [-0.2, -0.15) is 0 Å². The van der Waals surface area contributed by atoms with Gasteiger partial charge in [0.15, 0.2) is 0 Å². The van der Waals surface area contributed by atoms with Crippen molar-refractivity contribution in [2.75, 3.05) is 12.0 Å². The predicted octanol–water partition coefficient (Wildman–Crippen LogP) is 3.96. The van der Waals surface area contributed by atoms with Crippen LogP contribution in [-0.4, -0.2) is 29.3 Å². The van der Waals surface area contributed by atoms with E-state index in [0.29, 0.717) is 20.8 Å². The number of anilines is 1. The van der Waals surface area contributed by atoms with Crippen LogP contribution in [0.15, 0.2) is 48.5 Å². The van der Waals surface area contributed by atoms with Crippen LogP contribution in [0.5, 0.6) is 5.75 Å². The van der Waals surface area contributed by atoms with Gasteiger partial charge >= 0.3 is 0 Å². The highest BCUT2D eigenvalue weighted by Gasteiger charge is 2.42. The Hall–Kier alpha value is -2.09. The summed E-state index contributed by atoms with van der Waals surface area (Å²) in [5.41, 5.74) is 1.50. The second-order valence-corrected chi connectivity index (χ2v) is 8.12. The molecule has 1 aliphatic heterocycles. The van der Waals surface area contributed by atoms with Gasteiger partial charge in [0, 0.05) is 11.9 Å². The average molecular weight is 421 g/mol. The Balaban J connectivity index is 1.96. The van der Waals surface area contributed by atoms with Crippen LogP contribution in [0, 0.1) is 0 Å². The third-order valence-electron chi connectivity index (χ3n) is 4.09. The molecule has 2 aromatic rings. The van der Waals surface area contributed by atoms with Crippen molar-refractivity contribution in [3.8, 4) is 5.75 Å². The molecule has 0 radical (unpaired) electrons. The fourth-order valence-electron chi connectivity index (χ4n) is 2.82.